The molecule has 0 radical (unpaired) electrons. The van der Waals surface area contributed by atoms with Gasteiger partial charge in [-0.2, -0.15) is 0 Å². The number of guanidine groups is 1. The van der Waals surface area contributed by atoms with Crippen molar-refractivity contribution in [3.05, 3.63) is 12.7 Å². The van der Waals surface area contributed by atoms with E-state index in [1.807, 2.05) is 0 Å². The predicted octanol–water partition coefficient (Wildman–Crippen LogP) is 0.963. The molecule has 0 spiro atoms. The van der Waals surface area contributed by atoms with E-state index in [1.165, 1.54) is 0 Å². The van der Waals surface area contributed by atoms with Crippen molar-refractivity contribution in [1.29, 1.82) is 0 Å². The van der Waals surface area contributed by atoms with Crippen molar-refractivity contribution in [2.75, 3.05) is 13.6 Å². The molecule has 182 valence electrons. The van der Waals surface area contributed by atoms with Crippen LogP contribution in [0.15, 0.2) is 17.6 Å². The van der Waals surface area contributed by atoms with Crippen molar-refractivity contribution >= 4 is 29.5 Å². The molecule has 0 unspecified atom stereocenters. The number of carboxylic acid groups (broad SMARTS) is 1. The van der Waals surface area contributed by atoms with E-state index in [0.29, 0.717) is 19.4 Å². The van der Waals surface area contributed by atoms with Crippen molar-refractivity contribution in [3.8, 4) is 0 Å². The second-order valence-corrected chi connectivity index (χ2v) is 8.28. The van der Waals surface area contributed by atoms with Gasteiger partial charge in [0.25, 0.3) is 0 Å². The van der Waals surface area contributed by atoms with E-state index in [-0.39, 0.29) is 42.8 Å². The minimum Gasteiger partial charge on any atom is -0.480 e. The van der Waals surface area contributed by atoms with Crippen LogP contribution in [-0.2, 0) is 19.2 Å². The Balaban J connectivity index is 5.53. The fourth-order valence-electron chi connectivity index (χ4n) is 2.99. The van der Waals surface area contributed by atoms with Gasteiger partial charge in [0.05, 0.1) is 5.54 Å². The summed E-state index contributed by atoms with van der Waals surface area (Å²) in [7, 11) is 1.54. The highest BCUT2D eigenvalue weighted by atomic mass is 16.4. The Hall–Kier alpha value is -2.91. The van der Waals surface area contributed by atoms with E-state index in [0.717, 1.165) is 0 Å². The summed E-state index contributed by atoms with van der Waals surface area (Å²) < 4.78 is 0. The summed E-state index contributed by atoms with van der Waals surface area (Å²) in [6.45, 7) is 10.8. The number of amides is 2. The van der Waals surface area contributed by atoms with Crippen LogP contribution >= 0.6 is 0 Å². The molecule has 0 aliphatic carbocycles. The Labute approximate surface area is 190 Å². The van der Waals surface area contributed by atoms with Gasteiger partial charge in [-0.25, -0.2) is 4.79 Å². The minimum absolute atomic E-state index is 0.151. The average Bonchev–Trinajstić information content (AvgIpc) is 2.73. The molecule has 0 saturated carbocycles. The Morgan fingerprint density at radius 2 is 1.84 bits per heavy atom. The number of nitrogens with one attached hydrogen (secondary N) is 3. The van der Waals surface area contributed by atoms with E-state index in [9.17, 15) is 24.3 Å². The monoisotopic (exact) mass is 453 g/mol. The van der Waals surface area contributed by atoms with E-state index >= 15 is 0 Å². The molecule has 0 aromatic heterocycles. The summed E-state index contributed by atoms with van der Waals surface area (Å²) in [4.78, 5) is 53.4. The lowest BCUT2D eigenvalue weighted by atomic mass is 9.84. The molecular formula is C22H39N5O5. The smallest absolute Gasteiger partial charge is 0.326 e. The molecule has 0 bridgehead atoms. The van der Waals surface area contributed by atoms with E-state index in [2.05, 4.69) is 27.5 Å². The molecular weight excluding hydrogens is 414 g/mol. The first-order valence-corrected chi connectivity index (χ1v) is 10.9. The predicted molar refractivity (Wildman–Crippen MR) is 124 cm³/mol. The van der Waals surface area contributed by atoms with Crippen molar-refractivity contribution in [1.82, 2.24) is 16.0 Å². The number of carbonyl (C=O) groups excluding carboxylic acids is 3. The quantitative estimate of drug-likeness (QED) is 0.107. The maximum Gasteiger partial charge on any atom is 0.326 e. The first-order chi connectivity index (χ1) is 14.9. The molecule has 10 heteroatoms. The Morgan fingerprint density at radius 3 is 2.31 bits per heavy atom. The van der Waals surface area contributed by atoms with Gasteiger partial charge in [0.2, 0.25) is 11.8 Å². The number of carboxylic acids is 1. The number of aliphatic imine (C=N–C) groups is 1. The summed E-state index contributed by atoms with van der Waals surface area (Å²) >= 11 is 0. The molecule has 0 aromatic rings. The lowest BCUT2D eigenvalue weighted by molar-refractivity contribution is -0.143. The Bertz CT molecular complexity index is 707. The molecule has 6 N–H and O–H groups in total. The highest BCUT2D eigenvalue weighted by Gasteiger charge is 2.37. The summed E-state index contributed by atoms with van der Waals surface area (Å²) in [5.41, 5.74) is 4.39. The molecule has 0 heterocycles. The molecule has 0 fully saturated rings. The highest BCUT2D eigenvalue weighted by molar-refractivity contribution is 5.96. The summed E-state index contributed by atoms with van der Waals surface area (Å²) in [5.74, 6) is -3.08. The SMILES string of the molecule is C=CC[C@@](C)(NC(=O)C(C)C)C(=O)C[C@@H](CCCNC(N)=NC)C(=O)N[C@@H](CC)C(=O)O. The zero-order chi connectivity index (χ0) is 24.9. The average molecular weight is 454 g/mol. The van der Waals surface area contributed by atoms with E-state index in [1.54, 1.807) is 40.8 Å². The van der Waals surface area contributed by atoms with Gasteiger partial charge in [-0.05, 0) is 32.6 Å². The second-order valence-electron chi connectivity index (χ2n) is 8.28. The number of hydrogen-bond donors (Lipinski definition) is 5. The largest absolute Gasteiger partial charge is 0.480 e. The standard InChI is InChI=1S/C22H39N5O5/c1-7-11-22(5,27-18(29)14(3)4)17(28)13-15(10-9-12-25-21(23)24-6)19(30)26-16(8-2)20(31)32/h7,14-16H,1,8-13H2,2-6H3,(H,26,30)(H,27,29)(H,31,32)(H3,23,24,25)/t15-,16+,22-/m1/s1. The van der Waals surface area contributed by atoms with Gasteiger partial charge in [-0.3, -0.25) is 19.4 Å². The number of rotatable bonds is 15. The third-order valence-electron chi connectivity index (χ3n) is 5.19. The Kier molecular flexibility index (Phi) is 12.9. The molecule has 0 rings (SSSR count). The van der Waals surface area contributed by atoms with Crippen LogP contribution in [0, 0.1) is 11.8 Å². The van der Waals surface area contributed by atoms with Crippen LogP contribution in [0.2, 0.25) is 0 Å². The van der Waals surface area contributed by atoms with Crippen LogP contribution in [0.4, 0.5) is 0 Å². The van der Waals surface area contributed by atoms with Crippen LogP contribution in [0.3, 0.4) is 0 Å². The maximum atomic E-state index is 13.2. The van der Waals surface area contributed by atoms with Gasteiger partial charge >= 0.3 is 5.97 Å². The number of nitrogens with zero attached hydrogens (tertiary/aromatic N) is 1. The highest BCUT2D eigenvalue weighted by Crippen LogP contribution is 2.21. The van der Waals surface area contributed by atoms with E-state index in [4.69, 9.17) is 5.73 Å². The molecule has 10 nitrogen and oxygen atoms in total. The second kappa shape index (κ2) is 14.2. The fraction of sp³-hybridized carbons (Fsp3) is 0.682. The van der Waals surface area contributed by atoms with Gasteiger partial charge < -0.3 is 26.8 Å². The number of carbonyl (C=O) groups is 4. The Morgan fingerprint density at radius 1 is 1.22 bits per heavy atom. The molecule has 0 aliphatic rings. The lowest BCUT2D eigenvalue weighted by Gasteiger charge is -2.31. The van der Waals surface area contributed by atoms with Crippen molar-refractivity contribution in [2.24, 2.45) is 22.6 Å². The number of aliphatic carboxylic acids is 1. The molecule has 3 atom stereocenters. The maximum absolute atomic E-state index is 13.2. The number of nitrogens with two attached hydrogens (primary N) is 1. The van der Waals surface area contributed by atoms with E-state index < -0.39 is 29.4 Å². The lowest BCUT2D eigenvalue weighted by Crippen LogP contribution is -2.54. The molecule has 0 saturated heterocycles. The van der Waals surface area contributed by atoms with Gasteiger partial charge in [-0.1, -0.05) is 26.8 Å². The fourth-order valence-corrected chi connectivity index (χ4v) is 2.99. The number of ketones is 1. The van der Waals surface area contributed by atoms with Crippen LogP contribution in [-0.4, -0.2) is 59.8 Å². The first kappa shape index (κ1) is 29.1. The van der Waals surface area contributed by atoms with Crippen molar-refractivity contribution in [3.63, 3.8) is 0 Å². The zero-order valence-electron chi connectivity index (χ0n) is 19.9. The first-order valence-electron chi connectivity index (χ1n) is 10.9. The van der Waals surface area contributed by atoms with Crippen LogP contribution in [0.1, 0.15) is 59.8 Å². The number of hydrogen-bond acceptors (Lipinski definition) is 5. The third kappa shape index (κ3) is 9.93. The third-order valence-corrected chi connectivity index (χ3v) is 5.19. The normalized spacial score (nSPS) is 15.2. The number of Topliss-reactive ketones (excluding diaryl/α,β-unsaturated/α-hetero) is 1. The van der Waals surface area contributed by atoms with Gasteiger partial charge in [0.1, 0.15) is 6.04 Å². The summed E-state index contributed by atoms with van der Waals surface area (Å²) in [6.07, 6.45) is 2.63. The molecule has 32 heavy (non-hydrogen) atoms. The van der Waals surface area contributed by atoms with Crippen LogP contribution in [0.25, 0.3) is 0 Å². The molecule has 2 amide bonds. The zero-order valence-corrected chi connectivity index (χ0v) is 19.9. The topological polar surface area (TPSA) is 163 Å². The van der Waals surface area contributed by atoms with Crippen LogP contribution in [0.5, 0.6) is 0 Å². The van der Waals surface area contributed by atoms with Crippen molar-refractivity contribution < 1.29 is 24.3 Å². The van der Waals surface area contributed by atoms with Gasteiger partial charge in [-0.15, -0.1) is 6.58 Å². The van der Waals surface area contributed by atoms with Crippen molar-refractivity contribution in [2.45, 2.75) is 71.4 Å². The van der Waals surface area contributed by atoms with Gasteiger partial charge in [0.15, 0.2) is 11.7 Å². The minimum atomic E-state index is -1.21. The molecule has 0 aromatic carbocycles. The summed E-state index contributed by atoms with van der Waals surface area (Å²) in [6, 6.07) is -1.04. The van der Waals surface area contributed by atoms with Gasteiger partial charge in [0, 0.05) is 31.8 Å². The molecule has 0 aliphatic heterocycles. The summed E-state index contributed by atoms with van der Waals surface area (Å²) in [5, 5.41) is 17.4. The van der Waals surface area contributed by atoms with Crippen LogP contribution < -0.4 is 21.7 Å².